The molecule has 1 aliphatic rings. The Morgan fingerprint density at radius 1 is 1.15 bits per heavy atom. The van der Waals surface area contributed by atoms with E-state index in [9.17, 15) is 14.9 Å². The van der Waals surface area contributed by atoms with Gasteiger partial charge in [-0.3, -0.25) is 14.9 Å². The van der Waals surface area contributed by atoms with E-state index in [-0.39, 0.29) is 16.3 Å². The number of hydrogen-bond acceptors (Lipinski definition) is 5. The highest BCUT2D eigenvalue weighted by molar-refractivity contribution is 6.35. The van der Waals surface area contributed by atoms with Crippen LogP contribution in [0.2, 0.25) is 10.0 Å². The summed E-state index contributed by atoms with van der Waals surface area (Å²) in [7, 11) is 0. The number of nitrogens with zero attached hydrogens (tertiary/aromatic N) is 2. The summed E-state index contributed by atoms with van der Waals surface area (Å²) in [5.41, 5.74) is 1.01. The lowest BCUT2D eigenvalue weighted by molar-refractivity contribution is -0.384. The molecule has 0 radical (unpaired) electrons. The van der Waals surface area contributed by atoms with Crippen molar-refractivity contribution in [2.75, 3.05) is 36.5 Å². The molecule has 26 heavy (non-hydrogen) atoms. The Morgan fingerprint density at radius 3 is 2.58 bits per heavy atom. The topological polar surface area (TPSA) is 84.7 Å². The summed E-state index contributed by atoms with van der Waals surface area (Å²) in [6.45, 7) is 2.42. The van der Waals surface area contributed by atoms with E-state index in [1.165, 1.54) is 12.1 Å². The molecule has 0 aromatic heterocycles. The van der Waals surface area contributed by atoms with Gasteiger partial charge < -0.3 is 15.0 Å². The molecular weight excluding hydrogens is 381 g/mol. The van der Waals surface area contributed by atoms with Gasteiger partial charge in [-0.2, -0.15) is 0 Å². The first-order chi connectivity index (χ1) is 12.5. The Kier molecular flexibility index (Phi) is 5.61. The molecule has 9 heteroatoms. The average Bonchev–Trinajstić information content (AvgIpc) is 2.62. The highest BCUT2D eigenvalue weighted by Gasteiger charge is 2.21. The molecule has 2 aromatic rings. The molecule has 7 nitrogen and oxygen atoms in total. The number of non-ortho nitro benzene ring substituents is 1. The molecule has 0 bridgehead atoms. The molecule has 3 rings (SSSR count). The van der Waals surface area contributed by atoms with Gasteiger partial charge in [-0.25, -0.2) is 0 Å². The monoisotopic (exact) mass is 395 g/mol. The Hall–Kier alpha value is -2.35. The van der Waals surface area contributed by atoms with Gasteiger partial charge in [0.15, 0.2) is 0 Å². The first-order valence-electron chi connectivity index (χ1n) is 7.84. The fraction of sp³-hybridized carbons (Fsp3) is 0.235. The van der Waals surface area contributed by atoms with E-state index in [1.54, 1.807) is 18.2 Å². The number of nitro groups is 1. The van der Waals surface area contributed by atoms with Crippen LogP contribution in [0.1, 0.15) is 10.4 Å². The second kappa shape index (κ2) is 7.90. The Bertz CT molecular complexity index is 854. The van der Waals surface area contributed by atoms with Crippen molar-refractivity contribution in [3.63, 3.8) is 0 Å². The number of ether oxygens (including phenoxy) is 1. The van der Waals surface area contributed by atoms with Gasteiger partial charge in [0.1, 0.15) is 0 Å². The molecule has 1 saturated heterocycles. The second-order valence-electron chi connectivity index (χ2n) is 5.61. The van der Waals surface area contributed by atoms with Crippen molar-refractivity contribution in [3.05, 3.63) is 62.1 Å². The van der Waals surface area contributed by atoms with Crippen molar-refractivity contribution in [1.29, 1.82) is 0 Å². The van der Waals surface area contributed by atoms with Crippen LogP contribution in [-0.2, 0) is 4.74 Å². The van der Waals surface area contributed by atoms with E-state index in [4.69, 9.17) is 27.9 Å². The molecule has 0 saturated carbocycles. The number of anilines is 2. The minimum atomic E-state index is -0.578. The molecule has 1 aliphatic heterocycles. The number of carbonyl (C=O) groups is 1. The van der Waals surface area contributed by atoms with E-state index in [2.05, 4.69) is 5.32 Å². The van der Waals surface area contributed by atoms with Crippen LogP contribution in [0, 0.1) is 10.1 Å². The van der Waals surface area contributed by atoms with Gasteiger partial charge in [0.05, 0.1) is 45.1 Å². The van der Waals surface area contributed by atoms with Gasteiger partial charge in [-0.1, -0.05) is 29.3 Å². The zero-order valence-corrected chi connectivity index (χ0v) is 15.1. The van der Waals surface area contributed by atoms with Crippen molar-refractivity contribution in [1.82, 2.24) is 0 Å². The van der Waals surface area contributed by atoms with Gasteiger partial charge in [0, 0.05) is 25.2 Å². The fourth-order valence-corrected chi connectivity index (χ4v) is 3.21. The van der Waals surface area contributed by atoms with Gasteiger partial charge in [-0.05, 0) is 18.2 Å². The van der Waals surface area contributed by atoms with Gasteiger partial charge in [0.25, 0.3) is 11.6 Å². The number of nitrogens with one attached hydrogen (secondary N) is 1. The Morgan fingerprint density at radius 2 is 1.88 bits per heavy atom. The third-order valence-corrected chi connectivity index (χ3v) is 4.60. The van der Waals surface area contributed by atoms with Gasteiger partial charge in [-0.15, -0.1) is 0 Å². The van der Waals surface area contributed by atoms with Crippen LogP contribution in [0.5, 0.6) is 0 Å². The number of carbonyl (C=O) groups excluding carboxylic acids is 1. The first kappa shape index (κ1) is 18.4. The van der Waals surface area contributed by atoms with Crippen molar-refractivity contribution in [3.8, 4) is 0 Å². The third kappa shape index (κ3) is 3.90. The smallest absolute Gasteiger partial charge is 0.270 e. The number of para-hydroxylation sites is 1. The molecule has 0 spiro atoms. The number of morpholine rings is 1. The van der Waals surface area contributed by atoms with Crippen molar-refractivity contribution in [2.45, 2.75) is 0 Å². The molecule has 0 atom stereocenters. The summed E-state index contributed by atoms with van der Waals surface area (Å²) in [6.07, 6.45) is 0. The number of hydrogen-bond donors (Lipinski definition) is 1. The molecule has 1 N–H and O–H groups in total. The molecular formula is C17H15Cl2N3O4. The van der Waals surface area contributed by atoms with E-state index in [1.807, 2.05) is 4.90 Å². The summed E-state index contributed by atoms with van der Waals surface area (Å²) in [5.74, 6) is -0.546. The van der Waals surface area contributed by atoms with Crippen LogP contribution in [0.4, 0.5) is 17.1 Å². The zero-order valence-electron chi connectivity index (χ0n) is 13.6. The maximum absolute atomic E-state index is 12.7. The molecule has 1 amide bonds. The number of amides is 1. The summed E-state index contributed by atoms with van der Waals surface area (Å²) < 4.78 is 5.35. The molecule has 0 unspecified atom stereocenters. The number of nitro benzene ring substituents is 1. The van der Waals surface area contributed by atoms with Crippen molar-refractivity contribution < 1.29 is 14.5 Å². The predicted octanol–water partition coefficient (Wildman–Crippen LogP) is 3.99. The minimum Gasteiger partial charge on any atom is -0.378 e. The Labute approximate surface area is 159 Å². The van der Waals surface area contributed by atoms with Crippen molar-refractivity contribution >= 4 is 46.2 Å². The Balaban J connectivity index is 1.92. The largest absolute Gasteiger partial charge is 0.378 e. The zero-order chi connectivity index (χ0) is 18.7. The number of halogens is 2. The van der Waals surface area contributed by atoms with Crippen LogP contribution in [-0.4, -0.2) is 37.1 Å². The number of rotatable bonds is 4. The molecule has 0 aliphatic carbocycles. The van der Waals surface area contributed by atoms with Crippen LogP contribution in [0.25, 0.3) is 0 Å². The van der Waals surface area contributed by atoms with E-state index in [0.717, 1.165) is 6.07 Å². The van der Waals surface area contributed by atoms with Crippen LogP contribution in [0.3, 0.4) is 0 Å². The summed E-state index contributed by atoms with van der Waals surface area (Å²) in [5, 5.41) is 14.3. The highest BCUT2D eigenvalue weighted by Crippen LogP contribution is 2.35. The average molecular weight is 396 g/mol. The van der Waals surface area contributed by atoms with Gasteiger partial charge >= 0.3 is 0 Å². The molecule has 1 heterocycles. The maximum atomic E-state index is 12.7. The predicted molar refractivity (Wildman–Crippen MR) is 101 cm³/mol. The second-order valence-corrected chi connectivity index (χ2v) is 6.43. The minimum absolute atomic E-state index is 0.0220. The quantitative estimate of drug-likeness (QED) is 0.624. The third-order valence-electron chi connectivity index (χ3n) is 3.97. The number of benzene rings is 2. The van der Waals surface area contributed by atoms with Crippen LogP contribution < -0.4 is 10.2 Å². The fourth-order valence-electron chi connectivity index (χ4n) is 2.72. The summed E-state index contributed by atoms with van der Waals surface area (Å²) in [6, 6.07) is 8.91. The van der Waals surface area contributed by atoms with E-state index >= 15 is 0 Å². The summed E-state index contributed by atoms with van der Waals surface area (Å²) in [4.78, 5) is 25.0. The lowest BCUT2D eigenvalue weighted by atomic mass is 10.1. The maximum Gasteiger partial charge on any atom is 0.270 e. The van der Waals surface area contributed by atoms with Crippen molar-refractivity contribution in [2.24, 2.45) is 0 Å². The van der Waals surface area contributed by atoms with Crippen LogP contribution in [0.15, 0.2) is 36.4 Å². The standard InChI is InChI=1S/C17H15Cl2N3O4/c18-13-5-4-11(22(24)25)10-12(13)17(23)20-15-3-1-2-14(19)16(15)21-6-8-26-9-7-21/h1-5,10H,6-9H2,(H,20,23). The SMILES string of the molecule is O=C(Nc1cccc(Cl)c1N1CCOCC1)c1cc([N+](=O)[O-])ccc1Cl. The van der Waals surface area contributed by atoms with Gasteiger partial charge in [0.2, 0.25) is 0 Å². The lowest BCUT2D eigenvalue weighted by Crippen LogP contribution is -2.37. The van der Waals surface area contributed by atoms with Crippen LogP contribution >= 0.6 is 23.2 Å². The lowest BCUT2D eigenvalue weighted by Gasteiger charge is -2.31. The summed E-state index contributed by atoms with van der Waals surface area (Å²) >= 11 is 12.4. The first-order valence-corrected chi connectivity index (χ1v) is 8.59. The molecule has 2 aromatic carbocycles. The van der Waals surface area contributed by atoms with E-state index in [0.29, 0.717) is 42.7 Å². The van der Waals surface area contributed by atoms with E-state index < -0.39 is 10.8 Å². The highest BCUT2D eigenvalue weighted by atomic mass is 35.5. The molecule has 136 valence electrons. The molecule has 1 fully saturated rings. The normalized spacial score (nSPS) is 14.2.